The van der Waals surface area contributed by atoms with Gasteiger partial charge in [0.05, 0.1) is 21.3 Å². The molecule has 1 N–H and O–H groups in total. The minimum Gasteiger partial charge on any atom is -0.508 e. The molecule has 0 aliphatic heterocycles. The molecule has 0 aliphatic carbocycles. The van der Waals surface area contributed by atoms with E-state index in [4.69, 9.17) is 25.9 Å². The van der Waals surface area contributed by atoms with Gasteiger partial charge in [0.25, 0.3) is 0 Å². The number of methoxy groups -OCH3 is 3. The molecule has 0 fully saturated rings. The summed E-state index contributed by atoms with van der Waals surface area (Å²) in [6, 6.07) is 67.6. The van der Waals surface area contributed by atoms with Crippen LogP contribution in [0, 0.1) is 79.0 Å². The molecule has 0 spiro atoms. The van der Waals surface area contributed by atoms with Crippen LogP contribution in [0.4, 0.5) is 0 Å². The van der Waals surface area contributed by atoms with Gasteiger partial charge in [0, 0.05) is 36.3 Å². The Labute approximate surface area is 505 Å². The van der Waals surface area contributed by atoms with Gasteiger partial charge in [0.15, 0.2) is 0 Å². The van der Waals surface area contributed by atoms with Crippen molar-refractivity contribution in [2.24, 2.45) is 0 Å². The number of phenols is 1. The largest absolute Gasteiger partial charge is 0.508 e. The highest BCUT2D eigenvalue weighted by molar-refractivity contribution is 9.10. The zero-order valence-corrected chi connectivity index (χ0v) is 52.9. The maximum Gasteiger partial charge on any atom is 0.240 e. The summed E-state index contributed by atoms with van der Waals surface area (Å²) in [6.45, 7) is 25.2. The first kappa shape index (κ1) is 69.5. The van der Waals surface area contributed by atoms with E-state index in [9.17, 15) is 10.1 Å². The van der Waals surface area contributed by atoms with E-state index in [1.165, 1.54) is 49.0 Å². The van der Waals surface area contributed by atoms with E-state index < -0.39 is 0 Å². The Morgan fingerprint density at radius 1 is 0.506 bits per heavy atom. The molecule has 424 valence electrons. The van der Waals surface area contributed by atoms with Gasteiger partial charge in [-0.05, 0) is 160 Å². The molecule has 0 radical (unpaired) electrons. The fraction of sp³-hybridized carbons (Fsp3) is 0.214. The van der Waals surface area contributed by atoms with Crippen LogP contribution in [0.25, 0.3) is 16.0 Å². The van der Waals surface area contributed by atoms with Crippen LogP contribution in [0.2, 0.25) is 0 Å². The summed E-state index contributed by atoms with van der Waals surface area (Å²) in [5, 5.41) is 20.0. The fourth-order valence-electron chi connectivity index (χ4n) is 7.23. The van der Waals surface area contributed by atoms with Gasteiger partial charge in [-0.25, -0.2) is 6.57 Å². The van der Waals surface area contributed by atoms with Crippen molar-refractivity contribution in [3.63, 3.8) is 0 Å². The second-order valence-corrected chi connectivity index (χ2v) is 20.2. The molecule has 9 rings (SSSR count). The number of rotatable bonds is 8. The molecule has 0 saturated heterocycles. The number of alkyl halides is 1. The molecule has 11 heteroatoms. The predicted octanol–water partition coefficient (Wildman–Crippen LogP) is 19.8. The highest BCUT2D eigenvalue weighted by atomic mass is 79.9. The van der Waals surface area contributed by atoms with Crippen LogP contribution in [0.1, 0.15) is 66.8 Å². The molecule has 0 saturated carbocycles. The molecule has 0 bridgehead atoms. The SMILES string of the molecule is COc1cc(C)cc(OC)c1C.COc1ccccc1C.Cc1c(Br)cccc1-c1ccccc1.Cc1ccccc1CBr.Cc1ccccc1C[N+](=O)[O-].Cc1ccccc1O.Cc1ccccc1S.[C-]#[N+]Cc1ccccc1C. The third-order valence-electron chi connectivity index (χ3n) is 12.3. The number of para-hydroxylation sites is 2. The number of benzene rings is 9. The Kier molecular flexibility index (Phi) is 34.1. The highest BCUT2D eigenvalue weighted by Crippen LogP contribution is 2.30. The van der Waals surface area contributed by atoms with Crippen molar-refractivity contribution in [1.82, 2.24) is 0 Å². The smallest absolute Gasteiger partial charge is 0.240 e. The number of thiol groups is 1. The Morgan fingerprint density at radius 2 is 0.938 bits per heavy atom. The van der Waals surface area contributed by atoms with Gasteiger partial charge >= 0.3 is 0 Å². The number of nitrogens with zero attached hydrogens (tertiary/aromatic N) is 2. The fourth-order valence-corrected chi connectivity index (χ4v) is 8.38. The van der Waals surface area contributed by atoms with Crippen molar-refractivity contribution >= 4 is 44.5 Å². The summed E-state index contributed by atoms with van der Waals surface area (Å²) in [6.07, 6.45) is 0. The number of halogens is 2. The molecule has 9 aromatic rings. The Morgan fingerprint density at radius 3 is 1.32 bits per heavy atom. The summed E-state index contributed by atoms with van der Waals surface area (Å²) < 4.78 is 16.6. The zero-order chi connectivity index (χ0) is 60.1. The van der Waals surface area contributed by atoms with Gasteiger partial charge in [0.2, 0.25) is 13.1 Å². The van der Waals surface area contributed by atoms with Gasteiger partial charge < -0.3 is 24.2 Å². The van der Waals surface area contributed by atoms with Crippen molar-refractivity contribution in [2.75, 3.05) is 21.3 Å². The van der Waals surface area contributed by atoms with E-state index in [0.717, 1.165) is 60.9 Å². The first-order chi connectivity index (χ1) is 38.8. The standard InChI is InChI=1S/C13H11Br.C10H14O2.C9H9N.C8H9Br.C8H9NO2.C8H10O.C7H8O.C7H8S/c1-10-12(8-5-9-13(10)14)11-6-3-2-4-7-11;1-7-5-9(11-3)8(2)10(6-7)12-4;1-8-5-3-4-6-9(8)7-10-2;1-7-4-2-3-5-8(7)6-9;1-7-4-2-3-5-8(7)6-9(10)11;1-7-5-3-4-6-8(7)9-2;2*1-6-4-2-3-5-7(6)8/h2-9H,1H3;5-6H,1-4H3;3-6H,7H2,1H3;2-5H,6H2,1H3;2-5H,6H2,1H3;3-6H,1-2H3;2*2-5,8H,1H3. The molecule has 0 aliphatic rings. The van der Waals surface area contributed by atoms with Crippen molar-refractivity contribution in [2.45, 2.75) is 85.6 Å². The van der Waals surface area contributed by atoms with Crippen LogP contribution in [0.15, 0.2) is 216 Å². The van der Waals surface area contributed by atoms with Crippen LogP contribution >= 0.6 is 44.5 Å². The molecule has 0 amide bonds. The molecular weight excluding hydrogens is 1160 g/mol. The van der Waals surface area contributed by atoms with Crippen LogP contribution in [0.5, 0.6) is 23.0 Å². The van der Waals surface area contributed by atoms with Crippen molar-refractivity contribution in [1.29, 1.82) is 0 Å². The van der Waals surface area contributed by atoms with Gasteiger partial charge in [0.1, 0.15) is 23.0 Å². The second-order valence-electron chi connectivity index (χ2n) is 18.3. The molecule has 0 aromatic heterocycles. The maximum absolute atomic E-state index is 10.1. The first-order valence-electron chi connectivity index (χ1n) is 26.0. The molecule has 0 unspecified atom stereocenters. The van der Waals surface area contributed by atoms with Crippen LogP contribution < -0.4 is 14.2 Å². The number of hydrogen-bond donors (Lipinski definition) is 2. The van der Waals surface area contributed by atoms with E-state index in [2.05, 4.69) is 130 Å². The average molecular weight is 1240 g/mol. The Bertz CT molecular complexity index is 3150. The number of nitro groups is 1. The van der Waals surface area contributed by atoms with E-state index in [-0.39, 0.29) is 11.5 Å². The summed E-state index contributed by atoms with van der Waals surface area (Å²) >= 11 is 11.1. The lowest BCUT2D eigenvalue weighted by Crippen LogP contribution is -1.99. The number of aryl methyl sites for hydroxylation is 7. The van der Waals surface area contributed by atoms with Crippen molar-refractivity contribution in [3.05, 3.63) is 299 Å². The van der Waals surface area contributed by atoms with Crippen LogP contribution in [-0.4, -0.2) is 31.4 Å². The summed E-state index contributed by atoms with van der Waals surface area (Å²) in [5.74, 6) is 3.09. The van der Waals surface area contributed by atoms with Gasteiger partial charge in [-0.1, -0.05) is 202 Å². The third-order valence-corrected chi connectivity index (χ3v) is 14.2. The second kappa shape index (κ2) is 39.7. The first-order valence-corrected chi connectivity index (χ1v) is 28.4. The number of aromatic hydroxyl groups is 1. The lowest BCUT2D eigenvalue weighted by Gasteiger charge is -2.10. The third kappa shape index (κ3) is 26.9. The van der Waals surface area contributed by atoms with Gasteiger partial charge in [-0.3, -0.25) is 10.1 Å². The Hall–Kier alpha value is -7.62. The molecule has 81 heavy (non-hydrogen) atoms. The zero-order valence-electron chi connectivity index (χ0n) is 48.8. The monoisotopic (exact) mass is 1230 g/mol. The lowest BCUT2D eigenvalue weighted by atomic mass is 10.0. The molecule has 0 atom stereocenters. The molecular formula is C70H78Br2N2O6S. The number of hydrogen-bond acceptors (Lipinski definition) is 7. The van der Waals surface area contributed by atoms with Crippen LogP contribution in [-0.2, 0) is 18.4 Å². The van der Waals surface area contributed by atoms with Gasteiger partial charge in [-0.2, -0.15) is 0 Å². The van der Waals surface area contributed by atoms with Crippen molar-refractivity contribution < 1.29 is 24.2 Å². The minimum atomic E-state index is -0.317. The number of ether oxygens (including phenoxy) is 3. The lowest BCUT2D eigenvalue weighted by molar-refractivity contribution is -0.496. The summed E-state index contributed by atoms with van der Waals surface area (Å²) in [5.41, 5.74) is 16.2. The Balaban J connectivity index is 0.000000318. The van der Waals surface area contributed by atoms with E-state index >= 15 is 0 Å². The minimum absolute atomic E-state index is 0.0767. The normalized spacial score (nSPS) is 9.46. The van der Waals surface area contributed by atoms with E-state index in [1.54, 1.807) is 33.5 Å². The van der Waals surface area contributed by atoms with Gasteiger partial charge in [-0.15, -0.1) is 12.6 Å². The topological polar surface area (TPSA) is 95.4 Å². The molecule has 9 aromatic carbocycles. The van der Waals surface area contributed by atoms with Crippen LogP contribution in [0.3, 0.4) is 0 Å². The van der Waals surface area contributed by atoms with Crippen molar-refractivity contribution in [3.8, 4) is 34.1 Å². The van der Waals surface area contributed by atoms with E-state index in [0.29, 0.717) is 12.3 Å². The maximum atomic E-state index is 10.1. The quantitative estimate of drug-likeness (QED) is 0.0517. The van der Waals surface area contributed by atoms with E-state index in [1.807, 2.05) is 176 Å². The molecule has 8 nitrogen and oxygen atoms in total. The summed E-state index contributed by atoms with van der Waals surface area (Å²) in [7, 11) is 5.02. The molecule has 0 heterocycles. The number of phenolic OH excluding ortho intramolecular Hbond substituents is 1. The average Bonchev–Trinajstić information content (AvgIpc) is 3.47. The summed E-state index contributed by atoms with van der Waals surface area (Å²) in [4.78, 5) is 14.2. The predicted molar refractivity (Wildman–Crippen MR) is 350 cm³/mol. The highest BCUT2D eigenvalue weighted by Gasteiger charge is 2.06.